The molecule has 2 aromatic carbocycles. The van der Waals surface area contributed by atoms with Crippen LogP contribution < -0.4 is 10.1 Å². The molecular formula is C18H15NO3. The first-order valence-corrected chi connectivity index (χ1v) is 7.02. The average molecular weight is 293 g/mol. The molecule has 2 amide bonds. The summed E-state index contributed by atoms with van der Waals surface area (Å²) >= 11 is 0. The summed E-state index contributed by atoms with van der Waals surface area (Å²) in [5.41, 5.74) is 2.41. The molecule has 4 nitrogen and oxygen atoms in total. The number of hydrogen-bond donors (Lipinski definition) is 1. The van der Waals surface area contributed by atoms with Crippen molar-refractivity contribution in [3.8, 4) is 5.75 Å². The van der Waals surface area contributed by atoms with Crippen LogP contribution in [0.1, 0.15) is 17.5 Å². The van der Waals surface area contributed by atoms with Gasteiger partial charge in [-0.15, -0.1) is 0 Å². The number of benzene rings is 2. The fourth-order valence-corrected chi connectivity index (χ4v) is 2.26. The molecule has 22 heavy (non-hydrogen) atoms. The SMILES string of the molecule is O=C1C/C(=C\c2cccc(OCc3ccccc3)c2)C(=O)N1. The summed E-state index contributed by atoms with van der Waals surface area (Å²) in [6.07, 6.45) is 1.85. The Morgan fingerprint density at radius 3 is 2.59 bits per heavy atom. The quantitative estimate of drug-likeness (QED) is 0.696. The molecule has 0 radical (unpaired) electrons. The van der Waals surface area contributed by atoms with Gasteiger partial charge in [-0.25, -0.2) is 0 Å². The Morgan fingerprint density at radius 2 is 1.86 bits per heavy atom. The average Bonchev–Trinajstić information content (AvgIpc) is 2.84. The third-order valence-electron chi connectivity index (χ3n) is 3.34. The van der Waals surface area contributed by atoms with Crippen LogP contribution >= 0.6 is 0 Å². The number of nitrogens with one attached hydrogen (secondary N) is 1. The highest BCUT2D eigenvalue weighted by Crippen LogP contribution is 2.19. The van der Waals surface area contributed by atoms with Gasteiger partial charge in [-0.1, -0.05) is 42.5 Å². The maximum absolute atomic E-state index is 11.6. The van der Waals surface area contributed by atoms with Gasteiger partial charge >= 0.3 is 0 Å². The van der Waals surface area contributed by atoms with Crippen LogP contribution in [0.25, 0.3) is 6.08 Å². The van der Waals surface area contributed by atoms with E-state index >= 15 is 0 Å². The van der Waals surface area contributed by atoms with Crippen molar-refractivity contribution < 1.29 is 14.3 Å². The number of imide groups is 1. The van der Waals surface area contributed by atoms with E-state index in [2.05, 4.69) is 5.32 Å². The van der Waals surface area contributed by atoms with Gasteiger partial charge in [0.1, 0.15) is 12.4 Å². The molecule has 0 unspecified atom stereocenters. The highest BCUT2D eigenvalue weighted by molar-refractivity contribution is 6.15. The zero-order valence-electron chi connectivity index (χ0n) is 11.9. The Bertz CT molecular complexity index is 735. The molecule has 1 aliphatic heterocycles. The summed E-state index contributed by atoms with van der Waals surface area (Å²) in [6, 6.07) is 17.4. The highest BCUT2D eigenvalue weighted by atomic mass is 16.5. The standard InChI is InChI=1S/C18H15NO3/c20-17-11-15(18(21)19-17)9-14-7-4-8-16(10-14)22-12-13-5-2-1-3-6-13/h1-10H,11-12H2,(H,19,20,21)/b15-9+. The maximum Gasteiger partial charge on any atom is 0.254 e. The lowest BCUT2D eigenvalue weighted by molar-refractivity contribution is -0.124. The Balaban J connectivity index is 1.71. The second-order valence-corrected chi connectivity index (χ2v) is 5.07. The largest absolute Gasteiger partial charge is 0.489 e. The summed E-state index contributed by atoms with van der Waals surface area (Å²) in [5, 5.41) is 2.27. The predicted octanol–water partition coefficient (Wildman–Crippen LogP) is 2.70. The maximum atomic E-state index is 11.6. The Kier molecular flexibility index (Phi) is 4.01. The van der Waals surface area contributed by atoms with E-state index in [-0.39, 0.29) is 18.2 Å². The van der Waals surface area contributed by atoms with E-state index in [1.165, 1.54) is 0 Å². The van der Waals surface area contributed by atoms with Crippen molar-refractivity contribution in [3.63, 3.8) is 0 Å². The topological polar surface area (TPSA) is 55.4 Å². The highest BCUT2D eigenvalue weighted by Gasteiger charge is 2.23. The zero-order valence-corrected chi connectivity index (χ0v) is 11.9. The molecule has 0 saturated carbocycles. The van der Waals surface area contributed by atoms with Gasteiger partial charge in [0.15, 0.2) is 0 Å². The first kappa shape index (κ1) is 14.1. The third kappa shape index (κ3) is 3.41. The number of hydrogen-bond acceptors (Lipinski definition) is 3. The molecule has 0 aliphatic carbocycles. The molecule has 0 aromatic heterocycles. The number of ether oxygens (including phenoxy) is 1. The molecule has 1 heterocycles. The number of carbonyl (C=O) groups is 2. The fourth-order valence-electron chi connectivity index (χ4n) is 2.26. The van der Waals surface area contributed by atoms with Gasteiger partial charge in [0.05, 0.1) is 6.42 Å². The van der Waals surface area contributed by atoms with E-state index in [0.29, 0.717) is 12.2 Å². The van der Waals surface area contributed by atoms with Crippen molar-refractivity contribution >= 4 is 17.9 Å². The summed E-state index contributed by atoms with van der Waals surface area (Å²) in [4.78, 5) is 22.7. The molecule has 0 bridgehead atoms. The van der Waals surface area contributed by atoms with Crippen LogP contribution in [-0.2, 0) is 16.2 Å². The normalized spacial score (nSPS) is 15.9. The van der Waals surface area contributed by atoms with Crippen molar-refractivity contribution in [3.05, 3.63) is 71.3 Å². The van der Waals surface area contributed by atoms with Crippen molar-refractivity contribution in [2.45, 2.75) is 13.0 Å². The minimum absolute atomic E-state index is 0.133. The minimum Gasteiger partial charge on any atom is -0.489 e. The first-order chi connectivity index (χ1) is 10.7. The smallest absolute Gasteiger partial charge is 0.254 e. The van der Waals surface area contributed by atoms with Crippen molar-refractivity contribution in [1.82, 2.24) is 5.32 Å². The second kappa shape index (κ2) is 6.26. The van der Waals surface area contributed by atoms with E-state index in [1.54, 1.807) is 6.08 Å². The second-order valence-electron chi connectivity index (χ2n) is 5.07. The molecule has 110 valence electrons. The zero-order chi connectivity index (χ0) is 15.4. The van der Waals surface area contributed by atoms with E-state index in [4.69, 9.17) is 4.74 Å². The molecular weight excluding hydrogens is 278 g/mol. The molecule has 2 aromatic rings. The number of carbonyl (C=O) groups excluding carboxylic acids is 2. The van der Waals surface area contributed by atoms with E-state index < -0.39 is 0 Å². The number of amides is 2. The van der Waals surface area contributed by atoms with Crippen LogP contribution in [0, 0.1) is 0 Å². The van der Waals surface area contributed by atoms with E-state index in [9.17, 15) is 9.59 Å². The Hall–Kier alpha value is -2.88. The molecule has 1 fully saturated rings. The van der Waals surface area contributed by atoms with Gasteiger partial charge in [-0.05, 0) is 29.3 Å². The first-order valence-electron chi connectivity index (χ1n) is 7.02. The van der Waals surface area contributed by atoms with Crippen molar-refractivity contribution in [2.24, 2.45) is 0 Å². The lowest BCUT2D eigenvalue weighted by Crippen LogP contribution is -2.19. The minimum atomic E-state index is -0.319. The molecule has 1 N–H and O–H groups in total. The predicted molar refractivity (Wildman–Crippen MR) is 83.0 cm³/mol. The Morgan fingerprint density at radius 1 is 1.05 bits per heavy atom. The van der Waals surface area contributed by atoms with Gasteiger partial charge in [0, 0.05) is 5.57 Å². The van der Waals surface area contributed by atoms with Crippen molar-refractivity contribution in [1.29, 1.82) is 0 Å². The van der Waals surface area contributed by atoms with Gasteiger partial charge in [0.2, 0.25) is 5.91 Å². The summed E-state index contributed by atoms with van der Waals surface area (Å²) in [7, 11) is 0. The van der Waals surface area contributed by atoms with Crippen LogP contribution in [0.5, 0.6) is 5.75 Å². The van der Waals surface area contributed by atoms with Crippen LogP contribution in [0.3, 0.4) is 0 Å². The van der Waals surface area contributed by atoms with Crippen LogP contribution in [0.15, 0.2) is 60.2 Å². The molecule has 1 saturated heterocycles. The van der Waals surface area contributed by atoms with Crippen LogP contribution in [0.4, 0.5) is 0 Å². The summed E-state index contributed by atoms with van der Waals surface area (Å²) in [6.45, 7) is 0.486. The third-order valence-corrected chi connectivity index (χ3v) is 3.34. The van der Waals surface area contributed by atoms with Gasteiger partial charge in [0.25, 0.3) is 5.91 Å². The van der Waals surface area contributed by atoms with E-state index in [1.807, 2.05) is 54.6 Å². The Labute approximate surface area is 128 Å². The van der Waals surface area contributed by atoms with Crippen LogP contribution in [0.2, 0.25) is 0 Å². The lowest BCUT2D eigenvalue weighted by Gasteiger charge is -2.07. The van der Waals surface area contributed by atoms with Gasteiger partial charge in [-0.3, -0.25) is 14.9 Å². The van der Waals surface area contributed by atoms with Gasteiger partial charge < -0.3 is 4.74 Å². The molecule has 3 rings (SSSR count). The molecule has 1 aliphatic rings. The van der Waals surface area contributed by atoms with E-state index in [0.717, 1.165) is 16.9 Å². The molecule has 4 heteroatoms. The summed E-state index contributed by atoms with van der Waals surface area (Å²) < 4.78 is 5.75. The molecule has 0 spiro atoms. The lowest BCUT2D eigenvalue weighted by atomic mass is 10.1. The fraction of sp³-hybridized carbons (Fsp3) is 0.111. The number of rotatable bonds is 4. The van der Waals surface area contributed by atoms with Crippen LogP contribution in [-0.4, -0.2) is 11.8 Å². The summed E-state index contributed by atoms with van der Waals surface area (Å²) in [5.74, 6) is 0.149. The van der Waals surface area contributed by atoms with Crippen molar-refractivity contribution in [2.75, 3.05) is 0 Å². The van der Waals surface area contributed by atoms with Gasteiger partial charge in [-0.2, -0.15) is 0 Å². The monoisotopic (exact) mass is 293 g/mol. The molecule has 0 atom stereocenters.